The molecule has 22 heavy (non-hydrogen) atoms. The van der Waals surface area contributed by atoms with Gasteiger partial charge in [0.2, 0.25) is 10.0 Å². The average Bonchev–Trinajstić information content (AvgIpc) is 2.49. The van der Waals surface area contributed by atoms with Crippen molar-refractivity contribution in [3.63, 3.8) is 0 Å². The van der Waals surface area contributed by atoms with E-state index in [-0.39, 0.29) is 5.41 Å². The minimum Gasteiger partial charge on any atom is -0.210 e. The van der Waals surface area contributed by atoms with Gasteiger partial charge in [0.15, 0.2) is 0 Å². The van der Waals surface area contributed by atoms with Gasteiger partial charge in [-0.2, -0.15) is 0 Å². The van der Waals surface area contributed by atoms with Crippen LogP contribution < -0.4 is 4.72 Å². The van der Waals surface area contributed by atoms with E-state index in [1.807, 2.05) is 24.3 Å². The topological polar surface area (TPSA) is 46.2 Å². The van der Waals surface area contributed by atoms with Crippen LogP contribution in [0.1, 0.15) is 24.8 Å². The number of nitrogens with one attached hydrogen (secondary N) is 1. The van der Waals surface area contributed by atoms with Gasteiger partial charge in [0.1, 0.15) is 0 Å². The molecule has 2 aromatic rings. The molecule has 1 fully saturated rings. The summed E-state index contributed by atoms with van der Waals surface area (Å²) < 4.78 is 27.5. The van der Waals surface area contributed by atoms with Crippen molar-refractivity contribution in [2.24, 2.45) is 0 Å². The van der Waals surface area contributed by atoms with E-state index in [9.17, 15) is 8.42 Å². The Morgan fingerprint density at radius 1 is 1.00 bits per heavy atom. The lowest BCUT2D eigenvalue weighted by Gasteiger charge is -2.42. The fraction of sp³-hybridized carbons (Fsp3) is 0.294. The predicted octanol–water partition coefficient (Wildman–Crippen LogP) is 3.74. The lowest BCUT2D eigenvalue weighted by Crippen LogP contribution is -2.45. The molecule has 3 rings (SSSR count). The fourth-order valence-electron chi connectivity index (χ4n) is 2.89. The van der Waals surface area contributed by atoms with Crippen LogP contribution in [0.5, 0.6) is 0 Å². The van der Waals surface area contributed by atoms with Crippen LogP contribution in [0, 0.1) is 0 Å². The third-order valence-corrected chi connectivity index (χ3v) is 6.09. The zero-order valence-electron chi connectivity index (χ0n) is 12.1. The molecule has 5 heteroatoms. The molecule has 1 aliphatic carbocycles. The largest absolute Gasteiger partial charge is 0.240 e. The Morgan fingerprint density at radius 2 is 1.64 bits per heavy atom. The van der Waals surface area contributed by atoms with Crippen molar-refractivity contribution < 1.29 is 8.42 Å². The van der Waals surface area contributed by atoms with Crippen LogP contribution in [0.2, 0.25) is 5.02 Å². The lowest BCUT2D eigenvalue weighted by atomic mass is 9.64. The van der Waals surface area contributed by atoms with E-state index in [0.717, 1.165) is 24.8 Å². The summed E-state index contributed by atoms with van der Waals surface area (Å²) in [6, 6.07) is 16.2. The molecule has 1 saturated carbocycles. The lowest BCUT2D eigenvalue weighted by molar-refractivity contribution is 0.245. The first kappa shape index (κ1) is 15.5. The highest BCUT2D eigenvalue weighted by atomic mass is 35.5. The maximum absolute atomic E-state index is 12.4. The average molecular weight is 336 g/mol. The van der Waals surface area contributed by atoms with Gasteiger partial charge in [-0.3, -0.25) is 0 Å². The van der Waals surface area contributed by atoms with Crippen LogP contribution in [-0.4, -0.2) is 15.0 Å². The highest BCUT2D eigenvalue weighted by Gasteiger charge is 2.39. The van der Waals surface area contributed by atoms with E-state index in [4.69, 9.17) is 11.6 Å². The maximum atomic E-state index is 12.4. The van der Waals surface area contributed by atoms with Gasteiger partial charge in [0, 0.05) is 17.0 Å². The van der Waals surface area contributed by atoms with Crippen LogP contribution in [-0.2, 0) is 15.4 Å². The Bertz CT molecular complexity index is 738. The summed E-state index contributed by atoms with van der Waals surface area (Å²) in [5.74, 6) is 0. The summed E-state index contributed by atoms with van der Waals surface area (Å²) in [7, 11) is -3.46. The maximum Gasteiger partial charge on any atom is 0.240 e. The SMILES string of the molecule is O=S(=O)(NCC1(c2ccc(Cl)cc2)CCC1)c1ccccc1. The van der Waals surface area contributed by atoms with Crippen LogP contribution in [0.4, 0.5) is 0 Å². The van der Waals surface area contributed by atoms with Gasteiger partial charge in [-0.25, -0.2) is 13.1 Å². The summed E-state index contributed by atoms with van der Waals surface area (Å²) in [5.41, 5.74) is 1.05. The first-order chi connectivity index (χ1) is 10.5. The Kier molecular flexibility index (Phi) is 4.26. The van der Waals surface area contributed by atoms with E-state index in [0.29, 0.717) is 16.5 Å². The quantitative estimate of drug-likeness (QED) is 0.904. The van der Waals surface area contributed by atoms with E-state index >= 15 is 0 Å². The second-order valence-corrected chi connectivity index (χ2v) is 7.98. The van der Waals surface area contributed by atoms with E-state index in [2.05, 4.69) is 4.72 Å². The van der Waals surface area contributed by atoms with E-state index < -0.39 is 10.0 Å². The highest BCUT2D eigenvalue weighted by Crippen LogP contribution is 2.43. The van der Waals surface area contributed by atoms with Crippen molar-refractivity contribution in [1.29, 1.82) is 0 Å². The van der Waals surface area contributed by atoms with Crippen molar-refractivity contribution in [2.45, 2.75) is 29.6 Å². The molecule has 1 aliphatic rings. The third-order valence-electron chi connectivity index (χ3n) is 4.42. The van der Waals surface area contributed by atoms with Crippen molar-refractivity contribution in [3.8, 4) is 0 Å². The molecule has 0 radical (unpaired) electrons. The number of halogens is 1. The number of hydrogen-bond donors (Lipinski definition) is 1. The number of rotatable bonds is 5. The molecular weight excluding hydrogens is 318 g/mol. The molecule has 0 aliphatic heterocycles. The van der Waals surface area contributed by atoms with Crippen LogP contribution in [0.15, 0.2) is 59.5 Å². The number of sulfonamides is 1. The summed E-state index contributed by atoms with van der Waals surface area (Å²) in [4.78, 5) is 0.306. The minimum absolute atomic E-state index is 0.105. The van der Waals surface area contributed by atoms with Crippen LogP contribution >= 0.6 is 11.6 Å². The monoisotopic (exact) mass is 335 g/mol. The summed E-state index contributed by atoms with van der Waals surface area (Å²) in [6.07, 6.45) is 3.10. The minimum atomic E-state index is -3.46. The van der Waals surface area contributed by atoms with Gasteiger partial charge in [0.05, 0.1) is 4.90 Å². The van der Waals surface area contributed by atoms with E-state index in [1.165, 1.54) is 0 Å². The zero-order chi connectivity index (χ0) is 15.6. The molecule has 0 heterocycles. The fourth-order valence-corrected chi connectivity index (χ4v) is 4.17. The molecule has 0 amide bonds. The predicted molar refractivity (Wildman–Crippen MR) is 88.6 cm³/mol. The molecule has 0 spiro atoms. The first-order valence-electron chi connectivity index (χ1n) is 7.33. The van der Waals surface area contributed by atoms with Crippen molar-refractivity contribution in [1.82, 2.24) is 4.72 Å². The summed E-state index contributed by atoms with van der Waals surface area (Å²) in [6.45, 7) is 0.422. The molecule has 0 unspecified atom stereocenters. The number of benzene rings is 2. The molecular formula is C17H18ClNO2S. The molecule has 0 saturated heterocycles. The molecule has 116 valence electrons. The first-order valence-corrected chi connectivity index (χ1v) is 9.19. The van der Waals surface area contributed by atoms with Crippen LogP contribution in [0.3, 0.4) is 0 Å². The standard InChI is InChI=1S/C17H18ClNO2S/c18-15-9-7-14(8-10-15)17(11-4-12-17)13-19-22(20,21)16-5-2-1-3-6-16/h1-3,5-10,19H,4,11-13H2. The zero-order valence-corrected chi connectivity index (χ0v) is 13.7. The molecule has 1 N–H and O–H groups in total. The Labute approximate surface area is 136 Å². The second kappa shape index (κ2) is 6.03. The van der Waals surface area contributed by atoms with Gasteiger partial charge in [-0.1, -0.05) is 48.4 Å². The Hall–Kier alpha value is -1.36. The third kappa shape index (κ3) is 3.05. The highest BCUT2D eigenvalue weighted by molar-refractivity contribution is 7.89. The Morgan fingerprint density at radius 3 is 2.18 bits per heavy atom. The molecule has 2 aromatic carbocycles. The van der Waals surface area contributed by atoms with Gasteiger partial charge in [-0.15, -0.1) is 0 Å². The van der Waals surface area contributed by atoms with Crippen molar-refractivity contribution in [3.05, 3.63) is 65.2 Å². The van der Waals surface area contributed by atoms with Gasteiger partial charge >= 0.3 is 0 Å². The second-order valence-electron chi connectivity index (χ2n) is 5.78. The van der Waals surface area contributed by atoms with Crippen molar-refractivity contribution in [2.75, 3.05) is 6.54 Å². The van der Waals surface area contributed by atoms with Crippen molar-refractivity contribution >= 4 is 21.6 Å². The molecule has 0 atom stereocenters. The smallest absolute Gasteiger partial charge is 0.210 e. The summed E-state index contributed by atoms with van der Waals surface area (Å²) >= 11 is 5.94. The van der Waals surface area contributed by atoms with E-state index in [1.54, 1.807) is 30.3 Å². The Balaban J connectivity index is 1.78. The normalized spacial score (nSPS) is 17.0. The molecule has 0 aromatic heterocycles. The summed E-state index contributed by atoms with van der Waals surface area (Å²) in [5, 5.41) is 0.697. The van der Waals surface area contributed by atoms with Gasteiger partial charge in [0.25, 0.3) is 0 Å². The van der Waals surface area contributed by atoms with Gasteiger partial charge < -0.3 is 0 Å². The number of hydrogen-bond acceptors (Lipinski definition) is 2. The molecule has 3 nitrogen and oxygen atoms in total. The molecule has 0 bridgehead atoms. The van der Waals surface area contributed by atoms with Crippen LogP contribution in [0.25, 0.3) is 0 Å². The van der Waals surface area contributed by atoms with Gasteiger partial charge in [-0.05, 0) is 42.7 Å².